The second-order valence-electron chi connectivity index (χ2n) is 33.4. The van der Waals surface area contributed by atoms with Crippen molar-refractivity contribution in [1.29, 1.82) is 0 Å². The van der Waals surface area contributed by atoms with Crippen molar-refractivity contribution >= 4 is 83.2 Å². The first-order valence-corrected chi connectivity index (χ1v) is 37.2. The van der Waals surface area contributed by atoms with Gasteiger partial charge >= 0.3 is 0 Å². The molecule has 0 saturated heterocycles. The third kappa shape index (κ3) is 10.1. The number of hydrogen-bond donors (Lipinski definition) is 0. The molecule has 0 bridgehead atoms. The van der Waals surface area contributed by atoms with E-state index in [1.54, 1.807) is 0 Å². The Labute approximate surface area is 618 Å². The van der Waals surface area contributed by atoms with Gasteiger partial charge in [0.2, 0.25) is 17.2 Å². The van der Waals surface area contributed by atoms with Crippen LogP contribution in [0.4, 0.5) is 5.69 Å². The lowest BCUT2D eigenvalue weighted by Crippen LogP contribution is -2.11. The Balaban J connectivity index is 0.997. The Morgan fingerprint density at radius 1 is 0.302 bits per heavy atom. The number of para-hydroxylation sites is 2. The van der Waals surface area contributed by atoms with Gasteiger partial charge < -0.3 is 4.57 Å². The van der Waals surface area contributed by atoms with Gasteiger partial charge in [0.25, 0.3) is 0 Å². The molecule has 0 fully saturated rings. The zero-order valence-electron chi connectivity index (χ0n) is 62.1. The molecule has 0 radical (unpaired) electrons. The van der Waals surface area contributed by atoms with Crippen LogP contribution in [0, 0.1) is 6.57 Å². The number of hydrogen-bond acceptors (Lipinski definition) is 2. The first-order chi connectivity index (χ1) is 51.0. The molecule has 5 aromatic heterocycles. The summed E-state index contributed by atoms with van der Waals surface area (Å²) < 4.78 is 11.8. The molecule has 1 aliphatic carbocycles. The van der Waals surface area contributed by atoms with Gasteiger partial charge in [0, 0.05) is 28.1 Å². The van der Waals surface area contributed by atoms with Gasteiger partial charge in [0.1, 0.15) is 0 Å². The van der Waals surface area contributed by atoms with Crippen molar-refractivity contribution in [2.24, 2.45) is 0 Å². The van der Waals surface area contributed by atoms with Gasteiger partial charge in [-0.1, -0.05) is 253 Å². The minimum Gasteiger partial charge on any atom is -0.318 e. The number of rotatable bonds is 8. The van der Waals surface area contributed by atoms with Crippen molar-refractivity contribution < 1.29 is 0 Å². The van der Waals surface area contributed by atoms with E-state index in [2.05, 4.69) is 379 Å². The van der Waals surface area contributed by atoms with E-state index < -0.39 is 0 Å². The normalized spacial score (nSPS) is 13.0. The highest BCUT2D eigenvalue weighted by Crippen LogP contribution is 2.58. The van der Waals surface area contributed by atoms with Gasteiger partial charge in [-0.25, -0.2) is 14.8 Å². The molecule has 0 saturated carbocycles. The van der Waals surface area contributed by atoms with Crippen LogP contribution in [-0.4, -0.2) is 32.5 Å². The summed E-state index contributed by atoms with van der Waals surface area (Å²) in [5.41, 5.74) is 32.0. The average molecular weight is 1370 g/mol. The summed E-state index contributed by atoms with van der Waals surface area (Å²) in [6, 6.07) is 101. The lowest BCUT2D eigenvalue weighted by atomic mass is 9.79. The summed E-state index contributed by atoms with van der Waals surface area (Å²) in [5, 5.41) is 2.30. The minimum absolute atomic E-state index is 0.134. The molecule has 19 rings (SSSR count). The molecule has 8 nitrogen and oxygen atoms in total. The highest BCUT2D eigenvalue weighted by molar-refractivity contribution is 6.12. The third-order valence-corrected chi connectivity index (χ3v) is 22.6. The predicted molar refractivity (Wildman–Crippen MR) is 443 cm³/mol. The van der Waals surface area contributed by atoms with Crippen molar-refractivity contribution in [2.75, 3.05) is 0 Å². The number of benzene rings is 13. The Kier molecular flexibility index (Phi) is 14.2. The van der Waals surface area contributed by atoms with Crippen LogP contribution in [0.15, 0.2) is 273 Å². The fourth-order valence-electron chi connectivity index (χ4n) is 17.0. The Morgan fingerprint density at radius 2 is 0.670 bits per heavy atom. The molecule has 0 aliphatic heterocycles. The van der Waals surface area contributed by atoms with E-state index in [1.165, 1.54) is 44.5 Å². The van der Waals surface area contributed by atoms with Crippen molar-refractivity contribution in [1.82, 2.24) is 32.5 Å². The topological polar surface area (TPSA) is 53.8 Å². The highest BCUT2D eigenvalue weighted by atomic mass is 15.2. The van der Waals surface area contributed by atoms with Gasteiger partial charge in [-0.2, -0.15) is 0 Å². The zero-order chi connectivity index (χ0) is 72.6. The Morgan fingerprint density at radius 3 is 1.08 bits per heavy atom. The zero-order valence-corrected chi connectivity index (χ0v) is 62.1. The molecule has 0 N–H and O–H groups in total. The molecule has 13 aromatic carbocycles. The first-order valence-electron chi connectivity index (χ1n) is 37.2. The van der Waals surface area contributed by atoms with Gasteiger partial charge in [-0.15, -0.1) is 0 Å². The lowest BCUT2D eigenvalue weighted by molar-refractivity contribution is 0.589. The number of imidazole rings is 4. The SMILES string of the molecule is [C-]#[N+]c1c(C2c3ccc(C(C)(C)C)cc3-c3cc(C(C)(C)C)ccc32)c(-c2ccc3c(c2)n2c4cc(-c5ccccc5)ccc4nc2n3-c2ccccc2)cc(-c2ccc3c(c2)n2c4cc(-c5ccccc5)ccc4nc2n3-c2ccccc2)c1-n1c2ccc(C(C)(C)C)cc2c2cc(C(C)(C)C)ccc21. The molecular formula is C98H82N8. The maximum atomic E-state index is 10.4. The van der Waals surface area contributed by atoms with Crippen molar-refractivity contribution in [3.8, 4) is 72.7 Å². The van der Waals surface area contributed by atoms with E-state index in [-0.39, 0.29) is 27.6 Å². The maximum absolute atomic E-state index is 10.4. The summed E-state index contributed by atoms with van der Waals surface area (Å²) in [4.78, 5) is 16.2. The summed E-state index contributed by atoms with van der Waals surface area (Å²) in [6.07, 6.45) is 0. The first kappa shape index (κ1) is 64.5. The quantitative estimate of drug-likeness (QED) is 0.142. The molecule has 0 spiro atoms. The standard InChI is InChI=1S/C98H82N8/c1-95(2,3)65-38-42-71-75(54-65)76-55-66(96(4,5)6)39-43-72(76)89(71)90-73(63-36-46-83-87(52-63)105-85-50-61(59-26-18-14-19-27-59)34-44-79(85)100-93(105)102(83)69-30-22-16-23-31-69)58-74(92(91(90)99-13)104-81-48-40-67(97(7,8)9)56-77(81)78-57-68(98(10,11)12)41-49-82(78)104)64-37-47-84-88(53-64)106-86-51-62(60-28-20-15-21-29-60)35-45-80(86)101-94(106)103(84)70-32-24-17-25-33-70/h14-58,89H,1-12H3. The molecule has 0 amide bonds. The largest absolute Gasteiger partial charge is 0.318 e. The second kappa shape index (κ2) is 23.3. The van der Waals surface area contributed by atoms with E-state index in [0.29, 0.717) is 5.69 Å². The van der Waals surface area contributed by atoms with Gasteiger partial charge in [0.15, 0.2) is 0 Å². The molecular weight excluding hydrogens is 1290 g/mol. The molecule has 5 heterocycles. The molecule has 8 heteroatoms. The van der Waals surface area contributed by atoms with Gasteiger partial charge in [0.05, 0.1) is 67.4 Å². The van der Waals surface area contributed by atoms with Crippen molar-refractivity contribution in [2.45, 2.75) is 111 Å². The fraction of sp³-hybridized carbons (Fsp3) is 0.173. The van der Waals surface area contributed by atoms with Crippen LogP contribution in [0.3, 0.4) is 0 Å². The van der Waals surface area contributed by atoms with E-state index in [4.69, 9.17) is 14.8 Å². The lowest BCUT2D eigenvalue weighted by Gasteiger charge is -2.27. The van der Waals surface area contributed by atoms with Crippen LogP contribution in [0.5, 0.6) is 0 Å². The molecule has 0 atom stereocenters. The predicted octanol–water partition coefficient (Wildman–Crippen LogP) is 25.8. The molecule has 514 valence electrons. The molecule has 1 aliphatic rings. The second-order valence-corrected chi connectivity index (χ2v) is 33.4. The van der Waals surface area contributed by atoms with Crippen LogP contribution in [0.25, 0.3) is 155 Å². The summed E-state index contributed by atoms with van der Waals surface area (Å²) in [7, 11) is 0. The Hall–Kier alpha value is -12.3. The molecule has 18 aromatic rings. The monoisotopic (exact) mass is 1370 g/mol. The van der Waals surface area contributed by atoms with E-state index in [0.717, 1.165) is 145 Å². The summed E-state index contributed by atoms with van der Waals surface area (Å²) in [6.45, 7) is 38.2. The van der Waals surface area contributed by atoms with Crippen LogP contribution in [-0.2, 0) is 21.7 Å². The molecule has 106 heavy (non-hydrogen) atoms. The Bertz CT molecular complexity index is 6580. The van der Waals surface area contributed by atoms with E-state index in [1.807, 2.05) is 0 Å². The third-order valence-electron chi connectivity index (χ3n) is 22.6. The minimum atomic E-state index is -0.377. The number of fused-ring (bicyclic) bond motifs is 16. The maximum Gasteiger partial charge on any atom is 0.220 e. The van der Waals surface area contributed by atoms with Crippen LogP contribution < -0.4 is 0 Å². The number of aromatic nitrogens is 7. The highest BCUT2D eigenvalue weighted by Gasteiger charge is 2.39. The van der Waals surface area contributed by atoms with Gasteiger partial charge in [-0.3, -0.25) is 17.9 Å². The summed E-state index contributed by atoms with van der Waals surface area (Å²) >= 11 is 0. The average Bonchev–Trinajstić information content (AvgIpc) is 1.51. The van der Waals surface area contributed by atoms with Crippen molar-refractivity contribution in [3.05, 3.63) is 323 Å². The van der Waals surface area contributed by atoms with E-state index >= 15 is 0 Å². The smallest absolute Gasteiger partial charge is 0.220 e. The van der Waals surface area contributed by atoms with Crippen LogP contribution >= 0.6 is 0 Å². The number of nitrogens with zero attached hydrogens (tertiary/aromatic N) is 8. The molecule has 0 unspecified atom stereocenters. The van der Waals surface area contributed by atoms with Crippen LogP contribution in [0.2, 0.25) is 0 Å². The van der Waals surface area contributed by atoms with Gasteiger partial charge in [-0.05, 0) is 219 Å². The van der Waals surface area contributed by atoms with Crippen LogP contribution in [0.1, 0.15) is 128 Å². The fourth-order valence-corrected chi connectivity index (χ4v) is 17.0. The van der Waals surface area contributed by atoms with Crippen molar-refractivity contribution in [3.63, 3.8) is 0 Å². The van der Waals surface area contributed by atoms with E-state index in [9.17, 15) is 6.57 Å². The summed E-state index contributed by atoms with van der Waals surface area (Å²) in [5.74, 6) is 1.26.